The summed E-state index contributed by atoms with van der Waals surface area (Å²) in [6.45, 7) is 0.0320. The fraction of sp³-hybridized carbons (Fsp3) is 0.300. The Hall–Kier alpha value is -3.17. The molecule has 10 heteroatoms. The SMILES string of the molecule is COc1cc(C(F)(F)F)ccc1[C@H]1CN(C)C(=O)[C@@H]1C(=O)Nc1cccc(F)c1F. The van der Waals surface area contributed by atoms with Gasteiger partial charge in [0.05, 0.1) is 18.4 Å². The van der Waals surface area contributed by atoms with Gasteiger partial charge in [0.2, 0.25) is 11.8 Å². The molecule has 0 spiro atoms. The molecule has 1 saturated heterocycles. The zero-order valence-electron chi connectivity index (χ0n) is 15.9. The van der Waals surface area contributed by atoms with Crippen molar-refractivity contribution in [2.24, 2.45) is 5.92 Å². The molecule has 160 valence electrons. The molecular formula is C20H17F5N2O3. The first kappa shape index (κ1) is 21.5. The Morgan fingerprint density at radius 3 is 2.53 bits per heavy atom. The third kappa shape index (κ3) is 3.94. The average Bonchev–Trinajstić information content (AvgIpc) is 2.98. The first-order chi connectivity index (χ1) is 14.0. The lowest BCUT2D eigenvalue weighted by atomic mass is 9.86. The number of carbonyl (C=O) groups excluding carboxylic acids is 2. The second kappa shape index (κ2) is 7.92. The number of likely N-dealkylation sites (tertiary alicyclic amines) is 1. The van der Waals surface area contributed by atoms with Crippen LogP contribution < -0.4 is 10.1 Å². The number of alkyl halides is 3. The van der Waals surface area contributed by atoms with Crippen molar-refractivity contribution in [1.82, 2.24) is 4.90 Å². The molecule has 0 aliphatic carbocycles. The van der Waals surface area contributed by atoms with Crippen LogP contribution in [0.15, 0.2) is 36.4 Å². The Balaban J connectivity index is 1.97. The number of hydrogen-bond donors (Lipinski definition) is 1. The maximum absolute atomic E-state index is 13.9. The standard InChI is InChI=1S/C20H17F5N2O3/c1-27-9-12(11-7-6-10(20(23,24)25)8-15(11)30-2)16(19(27)29)18(28)26-14-5-3-4-13(21)17(14)22/h3-8,12,16H,9H2,1-2H3,(H,26,28)/t12-,16+/m1/s1. The molecule has 2 aromatic rings. The zero-order chi connectivity index (χ0) is 22.2. The first-order valence-electron chi connectivity index (χ1n) is 8.79. The molecule has 5 nitrogen and oxygen atoms in total. The highest BCUT2D eigenvalue weighted by Gasteiger charge is 2.46. The lowest BCUT2D eigenvalue weighted by molar-refractivity contribution is -0.138. The molecule has 0 radical (unpaired) electrons. The van der Waals surface area contributed by atoms with Crippen LogP contribution in [0.5, 0.6) is 5.75 Å². The van der Waals surface area contributed by atoms with Crippen LogP contribution >= 0.6 is 0 Å². The molecule has 30 heavy (non-hydrogen) atoms. The summed E-state index contributed by atoms with van der Waals surface area (Å²) in [5.74, 6) is -6.30. The number of anilines is 1. The third-order valence-corrected chi connectivity index (χ3v) is 4.97. The van der Waals surface area contributed by atoms with Gasteiger partial charge in [0.1, 0.15) is 11.7 Å². The number of amides is 2. The Labute approximate surface area is 168 Å². The Morgan fingerprint density at radius 2 is 1.90 bits per heavy atom. The van der Waals surface area contributed by atoms with E-state index in [0.717, 1.165) is 30.3 Å². The molecule has 0 aromatic heterocycles. The van der Waals surface area contributed by atoms with E-state index in [-0.39, 0.29) is 17.9 Å². The largest absolute Gasteiger partial charge is 0.496 e. The van der Waals surface area contributed by atoms with E-state index < -0.39 is 52.7 Å². The normalized spacial score (nSPS) is 19.2. The molecule has 1 aliphatic heterocycles. The minimum absolute atomic E-state index is 0.0320. The molecule has 1 aliphatic rings. The van der Waals surface area contributed by atoms with Crippen molar-refractivity contribution in [2.45, 2.75) is 12.1 Å². The molecule has 0 saturated carbocycles. The molecule has 0 bridgehead atoms. The molecule has 1 N–H and O–H groups in total. The topological polar surface area (TPSA) is 58.6 Å². The Kier molecular flexibility index (Phi) is 5.69. The fourth-order valence-corrected chi connectivity index (χ4v) is 3.48. The monoisotopic (exact) mass is 428 g/mol. The summed E-state index contributed by atoms with van der Waals surface area (Å²) in [7, 11) is 2.61. The van der Waals surface area contributed by atoms with E-state index in [0.29, 0.717) is 0 Å². The average molecular weight is 428 g/mol. The van der Waals surface area contributed by atoms with Crippen molar-refractivity contribution in [2.75, 3.05) is 26.0 Å². The number of benzene rings is 2. The van der Waals surface area contributed by atoms with E-state index >= 15 is 0 Å². The smallest absolute Gasteiger partial charge is 0.416 e. The molecule has 1 fully saturated rings. The molecule has 2 atom stereocenters. The summed E-state index contributed by atoms with van der Waals surface area (Å²) < 4.78 is 71.4. The summed E-state index contributed by atoms with van der Waals surface area (Å²) in [5, 5.41) is 2.19. The van der Waals surface area contributed by atoms with Gasteiger partial charge in [-0.1, -0.05) is 12.1 Å². The number of likely N-dealkylation sites (N-methyl/N-ethyl adjacent to an activating group) is 1. The Bertz CT molecular complexity index is 993. The number of nitrogens with zero attached hydrogens (tertiary/aromatic N) is 1. The van der Waals surface area contributed by atoms with Crippen molar-refractivity contribution < 1.29 is 36.3 Å². The summed E-state index contributed by atoms with van der Waals surface area (Å²) in [5.41, 5.74) is -1.16. The lowest BCUT2D eigenvalue weighted by Crippen LogP contribution is -2.33. The summed E-state index contributed by atoms with van der Waals surface area (Å²) >= 11 is 0. The van der Waals surface area contributed by atoms with Gasteiger partial charge in [-0.3, -0.25) is 9.59 Å². The highest BCUT2D eigenvalue weighted by Crippen LogP contribution is 2.41. The van der Waals surface area contributed by atoms with Gasteiger partial charge in [-0.2, -0.15) is 13.2 Å². The number of nitrogens with one attached hydrogen (secondary N) is 1. The summed E-state index contributed by atoms with van der Waals surface area (Å²) in [4.78, 5) is 26.6. The first-order valence-corrected chi connectivity index (χ1v) is 8.79. The number of halogens is 5. The molecule has 2 aromatic carbocycles. The van der Waals surface area contributed by atoms with Gasteiger partial charge < -0.3 is 15.0 Å². The molecule has 0 unspecified atom stereocenters. The predicted octanol–water partition coefficient (Wildman–Crippen LogP) is 3.80. The van der Waals surface area contributed by atoms with Crippen LogP contribution in [-0.2, 0) is 15.8 Å². The van der Waals surface area contributed by atoms with Gasteiger partial charge in [0, 0.05) is 25.1 Å². The molecule has 1 heterocycles. The number of ether oxygens (including phenoxy) is 1. The van der Waals surface area contributed by atoms with E-state index in [1.165, 1.54) is 25.1 Å². The van der Waals surface area contributed by atoms with E-state index in [2.05, 4.69) is 5.32 Å². The summed E-state index contributed by atoms with van der Waals surface area (Å²) in [6, 6.07) is 5.97. The molecular weight excluding hydrogens is 411 g/mol. The maximum Gasteiger partial charge on any atom is 0.416 e. The van der Waals surface area contributed by atoms with Crippen molar-refractivity contribution in [3.8, 4) is 5.75 Å². The van der Waals surface area contributed by atoms with Crippen LogP contribution in [0.4, 0.5) is 27.6 Å². The van der Waals surface area contributed by atoms with Gasteiger partial charge in [0.25, 0.3) is 0 Å². The van der Waals surface area contributed by atoms with Crippen molar-refractivity contribution in [3.05, 3.63) is 59.2 Å². The molecule has 3 rings (SSSR count). The molecule has 2 amide bonds. The Morgan fingerprint density at radius 1 is 1.20 bits per heavy atom. The van der Waals surface area contributed by atoms with Gasteiger partial charge in [-0.25, -0.2) is 8.78 Å². The van der Waals surface area contributed by atoms with Gasteiger partial charge in [-0.05, 0) is 24.3 Å². The number of methoxy groups -OCH3 is 1. The van der Waals surface area contributed by atoms with Crippen LogP contribution in [0.2, 0.25) is 0 Å². The van der Waals surface area contributed by atoms with Gasteiger partial charge in [-0.15, -0.1) is 0 Å². The van der Waals surface area contributed by atoms with Crippen LogP contribution in [0.25, 0.3) is 0 Å². The zero-order valence-corrected chi connectivity index (χ0v) is 15.9. The predicted molar refractivity (Wildman–Crippen MR) is 96.9 cm³/mol. The second-order valence-corrected chi connectivity index (χ2v) is 6.85. The highest BCUT2D eigenvalue weighted by molar-refractivity contribution is 6.08. The maximum atomic E-state index is 13.9. The van der Waals surface area contributed by atoms with Crippen molar-refractivity contribution in [1.29, 1.82) is 0 Å². The van der Waals surface area contributed by atoms with Gasteiger partial charge in [0.15, 0.2) is 11.6 Å². The fourth-order valence-electron chi connectivity index (χ4n) is 3.48. The third-order valence-electron chi connectivity index (χ3n) is 4.97. The van der Waals surface area contributed by atoms with Crippen molar-refractivity contribution >= 4 is 17.5 Å². The van der Waals surface area contributed by atoms with Crippen LogP contribution in [-0.4, -0.2) is 37.4 Å². The minimum atomic E-state index is -4.60. The quantitative estimate of drug-likeness (QED) is 0.596. The minimum Gasteiger partial charge on any atom is -0.496 e. The number of hydrogen-bond acceptors (Lipinski definition) is 3. The number of carbonyl (C=O) groups is 2. The summed E-state index contributed by atoms with van der Waals surface area (Å²) in [6.07, 6.45) is -4.60. The highest BCUT2D eigenvalue weighted by atomic mass is 19.4. The van der Waals surface area contributed by atoms with Crippen LogP contribution in [0, 0.1) is 17.6 Å². The van der Waals surface area contributed by atoms with Gasteiger partial charge >= 0.3 is 6.18 Å². The number of rotatable bonds is 4. The van der Waals surface area contributed by atoms with E-state index in [4.69, 9.17) is 4.74 Å². The van der Waals surface area contributed by atoms with Crippen LogP contribution in [0.1, 0.15) is 17.0 Å². The van der Waals surface area contributed by atoms with Crippen molar-refractivity contribution in [3.63, 3.8) is 0 Å². The van der Waals surface area contributed by atoms with E-state index in [1.54, 1.807) is 0 Å². The van der Waals surface area contributed by atoms with Crippen LogP contribution in [0.3, 0.4) is 0 Å². The van der Waals surface area contributed by atoms with E-state index in [9.17, 15) is 31.5 Å². The lowest BCUT2D eigenvalue weighted by Gasteiger charge is -2.20. The van der Waals surface area contributed by atoms with E-state index in [1.807, 2.05) is 0 Å². The second-order valence-electron chi connectivity index (χ2n) is 6.85.